The van der Waals surface area contributed by atoms with Crippen LogP contribution in [-0.4, -0.2) is 26.3 Å². The quantitative estimate of drug-likeness (QED) is 0.130. The van der Waals surface area contributed by atoms with Crippen LogP contribution in [0.5, 0.6) is 0 Å². The number of hydrogen-bond acceptors (Lipinski definition) is 2. The molecule has 0 saturated carbocycles. The fourth-order valence-corrected chi connectivity index (χ4v) is 15.7. The Morgan fingerprint density at radius 2 is 1.15 bits per heavy atom. The van der Waals surface area contributed by atoms with E-state index in [4.69, 9.17) is 6.57 Å². The van der Waals surface area contributed by atoms with E-state index >= 15 is 0 Å². The second-order valence-corrected chi connectivity index (χ2v) is 16.1. The average Bonchev–Trinajstić information content (AvgIpc) is 2.99. The van der Waals surface area contributed by atoms with E-state index in [2.05, 4.69) is 155 Å². The molecule has 5 heteroatoms. The Hall–Kier alpha value is -4.00. The molecule has 0 aliphatic carbocycles. The zero-order valence-electron chi connectivity index (χ0n) is 22.2. The van der Waals surface area contributed by atoms with Gasteiger partial charge in [-0.1, -0.05) is 127 Å². The van der Waals surface area contributed by atoms with Crippen molar-refractivity contribution < 1.29 is 0 Å². The Kier molecular flexibility index (Phi) is 6.89. The lowest BCUT2D eigenvalue weighted by atomic mass is 10.1. The van der Waals surface area contributed by atoms with Crippen molar-refractivity contribution in [2.24, 2.45) is 0 Å². The van der Waals surface area contributed by atoms with Crippen molar-refractivity contribution in [2.45, 2.75) is 6.92 Å². The molecule has 3 nitrogen and oxygen atoms in total. The monoisotopic (exact) mass is 539 g/mol. The number of fused-ring (bicyclic) bond motifs is 1. The zero-order chi connectivity index (χ0) is 26.8. The van der Waals surface area contributed by atoms with Gasteiger partial charge in [-0.05, 0) is 39.4 Å². The van der Waals surface area contributed by atoms with Gasteiger partial charge in [-0.25, -0.2) is 4.85 Å². The molecule has 0 saturated heterocycles. The summed E-state index contributed by atoms with van der Waals surface area (Å²) in [5.74, 6) is 0. The molecule has 0 amide bonds. The summed E-state index contributed by atoms with van der Waals surface area (Å²) in [6.07, 6.45) is 0. The molecule has 39 heavy (non-hydrogen) atoms. The molecular formula is C34H30N3PSi. The fraction of sp³-hybridized carbons (Fsp3) is 0.0882. The first-order chi connectivity index (χ1) is 19.1. The standard InChI is InChI=1S/C34H30N3PSi/c1-27-24-28(35-2)25-33-34(27)36(3)26-37(38(33)29-16-8-4-9-17-29)39(30-18-10-5-11-19-30,31-20-12-6-13-21-31)32-22-14-7-15-23-32/h4-25H,26H2,1,3H3. The van der Waals surface area contributed by atoms with E-state index in [1.807, 2.05) is 6.07 Å². The highest BCUT2D eigenvalue weighted by molar-refractivity contribution is 7.73. The van der Waals surface area contributed by atoms with E-state index in [9.17, 15) is 0 Å². The Labute approximate surface area is 233 Å². The maximum absolute atomic E-state index is 7.87. The van der Waals surface area contributed by atoms with Gasteiger partial charge in [0.1, 0.15) is 0 Å². The molecule has 5 aromatic carbocycles. The van der Waals surface area contributed by atoms with Crippen LogP contribution in [0, 0.1) is 13.5 Å². The minimum absolute atomic E-state index is 0.705. The third-order valence-corrected chi connectivity index (χ3v) is 15.7. The summed E-state index contributed by atoms with van der Waals surface area (Å²) in [4.78, 5) is 6.29. The summed E-state index contributed by atoms with van der Waals surface area (Å²) in [5.41, 5.74) is 3.12. The van der Waals surface area contributed by atoms with Gasteiger partial charge in [0, 0.05) is 26.1 Å². The first-order valence-electron chi connectivity index (χ1n) is 13.2. The van der Waals surface area contributed by atoms with Gasteiger partial charge in [0.15, 0.2) is 5.69 Å². The molecule has 1 heterocycles. The van der Waals surface area contributed by atoms with Gasteiger partial charge in [-0.2, -0.15) is 0 Å². The van der Waals surface area contributed by atoms with Gasteiger partial charge in [0.25, 0.3) is 0 Å². The summed E-state index contributed by atoms with van der Waals surface area (Å²) >= 11 is 0. The van der Waals surface area contributed by atoms with Crippen molar-refractivity contribution in [1.82, 2.24) is 4.34 Å². The molecular weight excluding hydrogens is 509 g/mol. The Bertz CT molecular complexity index is 1520. The Morgan fingerprint density at radius 3 is 1.62 bits per heavy atom. The lowest BCUT2D eigenvalue weighted by molar-refractivity contribution is 0.655. The molecule has 5 aromatic rings. The average molecular weight is 540 g/mol. The van der Waals surface area contributed by atoms with E-state index in [1.165, 1.54) is 31.9 Å². The van der Waals surface area contributed by atoms with Crippen molar-refractivity contribution in [3.8, 4) is 0 Å². The predicted octanol–water partition coefficient (Wildman–Crippen LogP) is 5.27. The van der Waals surface area contributed by atoms with Crippen LogP contribution in [0.1, 0.15) is 5.56 Å². The van der Waals surface area contributed by atoms with Crippen LogP contribution in [0.2, 0.25) is 0 Å². The molecule has 1 aliphatic rings. The van der Waals surface area contributed by atoms with Crippen molar-refractivity contribution in [3.63, 3.8) is 0 Å². The van der Waals surface area contributed by atoms with E-state index in [0.717, 1.165) is 12.2 Å². The third-order valence-electron chi connectivity index (χ3n) is 7.55. The molecule has 1 aliphatic heterocycles. The number of anilines is 1. The summed E-state index contributed by atoms with van der Waals surface area (Å²) in [5, 5.41) is 6.65. The highest BCUT2D eigenvalue weighted by atomic mass is 31.1. The second kappa shape index (κ2) is 10.6. The Morgan fingerprint density at radius 1 is 0.692 bits per heavy atom. The minimum Gasteiger partial charge on any atom is -0.361 e. The van der Waals surface area contributed by atoms with Gasteiger partial charge < -0.3 is 4.90 Å². The van der Waals surface area contributed by atoms with E-state index in [1.54, 1.807) is 0 Å². The summed E-state index contributed by atoms with van der Waals surface area (Å²) in [6.45, 7) is 10.8. The van der Waals surface area contributed by atoms with Crippen molar-refractivity contribution in [1.29, 1.82) is 0 Å². The predicted molar refractivity (Wildman–Crippen MR) is 169 cm³/mol. The van der Waals surface area contributed by atoms with Crippen LogP contribution >= 0.6 is 8.07 Å². The zero-order valence-corrected chi connectivity index (χ0v) is 24.1. The van der Waals surface area contributed by atoms with Crippen molar-refractivity contribution >= 4 is 53.9 Å². The van der Waals surface area contributed by atoms with Gasteiger partial charge in [0.2, 0.25) is 8.24 Å². The number of aryl methyl sites for hydroxylation is 1. The molecule has 0 aromatic heterocycles. The van der Waals surface area contributed by atoms with Gasteiger partial charge in [-0.3, -0.25) is 4.34 Å². The molecule has 0 N–H and O–H groups in total. The van der Waals surface area contributed by atoms with Crippen LogP contribution in [0.25, 0.3) is 4.85 Å². The van der Waals surface area contributed by atoms with Gasteiger partial charge in [0.05, 0.1) is 13.2 Å². The second-order valence-electron chi connectivity index (χ2n) is 9.94. The highest BCUT2D eigenvalue weighted by Gasteiger charge is 2.51. The third kappa shape index (κ3) is 4.30. The van der Waals surface area contributed by atoms with E-state index in [-0.39, 0.29) is 0 Å². The highest BCUT2D eigenvalue weighted by Crippen LogP contribution is 2.49. The molecule has 1 unspecified atom stereocenters. The largest absolute Gasteiger partial charge is 0.361 e. The lowest BCUT2D eigenvalue weighted by Gasteiger charge is -2.52. The summed E-state index contributed by atoms with van der Waals surface area (Å²) < 4.78 is 2.83. The Balaban J connectivity index is 1.75. The number of benzene rings is 5. The maximum atomic E-state index is 7.87. The maximum Gasteiger partial charge on any atom is 0.230 e. The smallest absolute Gasteiger partial charge is 0.230 e. The van der Waals surface area contributed by atoms with Crippen molar-refractivity contribution in [2.75, 3.05) is 18.6 Å². The number of rotatable bonds is 5. The van der Waals surface area contributed by atoms with Crippen molar-refractivity contribution in [3.05, 3.63) is 150 Å². The SMILES string of the molecule is [C-]#[N+]c1cc(C)c2c(c1)P(c1ccccc1)N([Si](c1ccccc1)(c1ccccc1)c1ccccc1)CN2C. The van der Waals surface area contributed by atoms with Crippen LogP contribution in [0.4, 0.5) is 11.4 Å². The summed E-state index contributed by atoms with van der Waals surface area (Å²) in [6, 6.07) is 48.4. The van der Waals surface area contributed by atoms with Crippen LogP contribution in [0.3, 0.4) is 0 Å². The van der Waals surface area contributed by atoms with Crippen LogP contribution in [-0.2, 0) is 0 Å². The van der Waals surface area contributed by atoms with Gasteiger partial charge in [-0.15, -0.1) is 0 Å². The normalized spacial score (nSPS) is 15.4. The molecule has 190 valence electrons. The molecule has 1 atom stereocenters. The van der Waals surface area contributed by atoms with Gasteiger partial charge >= 0.3 is 0 Å². The molecule has 0 radical (unpaired) electrons. The van der Waals surface area contributed by atoms with Crippen LogP contribution < -0.4 is 31.1 Å². The molecule has 0 fully saturated rings. The number of hydrogen-bond donors (Lipinski definition) is 0. The molecule has 6 rings (SSSR count). The summed E-state index contributed by atoms with van der Waals surface area (Å²) in [7, 11) is -1.54. The molecule has 0 spiro atoms. The van der Waals surface area contributed by atoms with Crippen LogP contribution in [0.15, 0.2) is 133 Å². The topological polar surface area (TPSA) is 10.8 Å². The first-order valence-corrected chi connectivity index (χ1v) is 16.4. The van der Waals surface area contributed by atoms with E-state index < -0.39 is 16.3 Å². The van der Waals surface area contributed by atoms with E-state index in [0.29, 0.717) is 5.69 Å². The fourth-order valence-electron chi connectivity index (χ4n) is 6.02. The lowest BCUT2D eigenvalue weighted by Crippen LogP contribution is -2.78. The molecule has 0 bridgehead atoms. The minimum atomic E-state index is -2.78. The number of nitrogens with zero attached hydrogens (tertiary/aromatic N) is 3. The first kappa shape index (κ1) is 25.3.